The first-order valence-electron chi connectivity index (χ1n) is 6.74. The van der Waals surface area contributed by atoms with Crippen molar-refractivity contribution in [2.75, 3.05) is 13.1 Å². The van der Waals surface area contributed by atoms with Crippen molar-refractivity contribution < 1.29 is 4.79 Å². The Hall–Kier alpha value is -1.13. The van der Waals surface area contributed by atoms with Gasteiger partial charge in [0.2, 0.25) is 0 Å². The van der Waals surface area contributed by atoms with Crippen LogP contribution in [0.25, 0.3) is 0 Å². The summed E-state index contributed by atoms with van der Waals surface area (Å²) in [5.74, 6) is -0.0274. The van der Waals surface area contributed by atoms with Gasteiger partial charge in [0, 0.05) is 24.8 Å². The second-order valence-corrected chi connectivity index (χ2v) is 5.64. The lowest BCUT2D eigenvalue weighted by Crippen LogP contribution is -2.45. The fourth-order valence-electron chi connectivity index (χ4n) is 2.33. The lowest BCUT2D eigenvalue weighted by molar-refractivity contribution is 0.0683. The van der Waals surface area contributed by atoms with Gasteiger partial charge in [-0.3, -0.25) is 4.79 Å². The number of hydrogen-bond donors (Lipinski definition) is 1. The normalized spacial score (nSPS) is 18.8. The van der Waals surface area contributed by atoms with E-state index in [1.54, 1.807) is 12.1 Å². The third-order valence-corrected chi connectivity index (χ3v) is 3.63. The van der Waals surface area contributed by atoms with Gasteiger partial charge < -0.3 is 10.2 Å². The Kier molecular flexibility index (Phi) is 4.77. The number of carbonyl (C=O) groups excluding carboxylic acids is 1. The first kappa shape index (κ1) is 14.3. The van der Waals surface area contributed by atoms with Crippen LogP contribution in [-0.2, 0) is 0 Å². The van der Waals surface area contributed by atoms with Crippen LogP contribution in [0.1, 0.15) is 37.2 Å². The van der Waals surface area contributed by atoms with Crippen molar-refractivity contribution >= 4 is 17.5 Å². The molecule has 0 saturated carbocycles. The summed E-state index contributed by atoms with van der Waals surface area (Å²) < 4.78 is 0. The number of carbonyl (C=O) groups is 1. The molecule has 0 aliphatic carbocycles. The standard InChI is InChI=1S/C14H20ClN3O/c1-10(2)18(9-12-4-3-7-16-12)14(19)13-6-5-11(15)8-17-13/h5-6,8,10,12,16H,3-4,7,9H2,1-2H3. The molecule has 19 heavy (non-hydrogen) atoms. The maximum absolute atomic E-state index is 12.5. The van der Waals surface area contributed by atoms with Gasteiger partial charge in [-0.15, -0.1) is 0 Å². The number of nitrogens with zero attached hydrogens (tertiary/aromatic N) is 2. The minimum Gasteiger partial charge on any atom is -0.333 e. The third kappa shape index (κ3) is 3.67. The number of amides is 1. The molecule has 2 rings (SSSR count). The van der Waals surface area contributed by atoms with Crippen molar-refractivity contribution in [2.45, 2.75) is 38.8 Å². The van der Waals surface area contributed by atoms with Crippen molar-refractivity contribution in [1.82, 2.24) is 15.2 Å². The number of halogens is 1. The maximum atomic E-state index is 12.5. The van der Waals surface area contributed by atoms with E-state index in [0.717, 1.165) is 19.5 Å². The molecule has 1 aromatic rings. The molecule has 104 valence electrons. The monoisotopic (exact) mass is 281 g/mol. The van der Waals surface area contributed by atoms with Gasteiger partial charge in [0.25, 0.3) is 5.91 Å². The van der Waals surface area contributed by atoms with Crippen molar-refractivity contribution in [2.24, 2.45) is 0 Å². The zero-order valence-electron chi connectivity index (χ0n) is 11.4. The summed E-state index contributed by atoms with van der Waals surface area (Å²) in [6.45, 7) is 5.84. The highest BCUT2D eigenvalue weighted by Crippen LogP contribution is 2.13. The number of aromatic nitrogens is 1. The molecule has 1 unspecified atom stereocenters. The van der Waals surface area contributed by atoms with E-state index in [-0.39, 0.29) is 11.9 Å². The predicted molar refractivity (Wildman–Crippen MR) is 76.4 cm³/mol. The van der Waals surface area contributed by atoms with Crippen LogP contribution >= 0.6 is 11.6 Å². The first-order valence-corrected chi connectivity index (χ1v) is 7.11. The van der Waals surface area contributed by atoms with E-state index >= 15 is 0 Å². The SMILES string of the molecule is CC(C)N(CC1CCCN1)C(=O)c1ccc(Cl)cn1. The molecule has 1 aromatic heterocycles. The second-order valence-electron chi connectivity index (χ2n) is 5.21. The molecule has 1 atom stereocenters. The average molecular weight is 282 g/mol. The van der Waals surface area contributed by atoms with Crippen LogP contribution in [-0.4, -0.2) is 41.0 Å². The smallest absolute Gasteiger partial charge is 0.272 e. The molecule has 4 nitrogen and oxygen atoms in total. The van der Waals surface area contributed by atoms with Crippen LogP contribution in [0, 0.1) is 0 Å². The summed E-state index contributed by atoms with van der Waals surface area (Å²) in [5.41, 5.74) is 0.455. The van der Waals surface area contributed by atoms with E-state index in [4.69, 9.17) is 11.6 Å². The quantitative estimate of drug-likeness (QED) is 0.921. The van der Waals surface area contributed by atoms with Crippen LogP contribution in [0.15, 0.2) is 18.3 Å². The fourth-order valence-corrected chi connectivity index (χ4v) is 2.44. The summed E-state index contributed by atoms with van der Waals surface area (Å²) in [4.78, 5) is 18.5. The molecule has 0 spiro atoms. The number of nitrogens with one attached hydrogen (secondary N) is 1. The van der Waals surface area contributed by atoms with E-state index in [9.17, 15) is 4.79 Å². The topological polar surface area (TPSA) is 45.2 Å². The van der Waals surface area contributed by atoms with Crippen LogP contribution in [0.4, 0.5) is 0 Å². The Morgan fingerprint density at radius 2 is 2.37 bits per heavy atom. The first-order chi connectivity index (χ1) is 9.08. The number of pyridine rings is 1. The Bertz CT molecular complexity index is 427. The van der Waals surface area contributed by atoms with Gasteiger partial charge >= 0.3 is 0 Å². The zero-order chi connectivity index (χ0) is 13.8. The highest BCUT2D eigenvalue weighted by molar-refractivity contribution is 6.30. The van der Waals surface area contributed by atoms with E-state index in [2.05, 4.69) is 10.3 Å². The lowest BCUT2D eigenvalue weighted by Gasteiger charge is -2.29. The molecule has 1 fully saturated rings. The van der Waals surface area contributed by atoms with Gasteiger partial charge in [0.15, 0.2) is 0 Å². The van der Waals surface area contributed by atoms with Crippen molar-refractivity contribution in [3.63, 3.8) is 0 Å². The van der Waals surface area contributed by atoms with Crippen LogP contribution in [0.5, 0.6) is 0 Å². The Balaban J connectivity index is 2.09. The Morgan fingerprint density at radius 1 is 1.58 bits per heavy atom. The molecule has 0 bridgehead atoms. The number of rotatable bonds is 4. The van der Waals surface area contributed by atoms with Gasteiger partial charge in [-0.25, -0.2) is 4.98 Å². The molecule has 1 amide bonds. The Labute approximate surface area is 119 Å². The maximum Gasteiger partial charge on any atom is 0.272 e. The van der Waals surface area contributed by atoms with E-state index in [1.165, 1.54) is 12.6 Å². The van der Waals surface area contributed by atoms with E-state index in [0.29, 0.717) is 16.8 Å². The van der Waals surface area contributed by atoms with Crippen LogP contribution in [0.2, 0.25) is 5.02 Å². The zero-order valence-corrected chi connectivity index (χ0v) is 12.2. The molecule has 1 N–H and O–H groups in total. The highest BCUT2D eigenvalue weighted by Gasteiger charge is 2.24. The molecular weight excluding hydrogens is 262 g/mol. The molecule has 0 aromatic carbocycles. The number of hydrogen-bond acceptors (Lipinski definition) is 3. The summed E-state index contributed by atoms with van der Waals surface area (Å²) >= 11 is 5.80. The predicted octanol–water partition coefficient (Wildman–Crippen LogP) is 2.34. The summed E-state index contributed by atoms with van der Waals surface area (Å²) in [5, 5.41) is 3.97. The van der Waals surface area contributed by atoms with Crippen LogP contribution in [0.3, 0.4) is 0 Å². The highest BCUT2D eigenvalue weighted by atomic mass is 35.5. The van der Waals surface area contributed by atoms with E-state index < -0.39 is 0 Å². The van der Waals surface area contributed by atoms with Crippen molar-refractivity contribution in [1.29, 1.82) is 0 Å². The molecule has 1 aliphatic rings. The third-order valence-electron chi connectivity index (χ3n) is 3.41. The van der Waals surface area contributed by atoms with Gasteiger partial charge in [0.1, 0.15) is 5.69 Å². The van der Waals surface area contributed by atoms with Gasteiger partial charge in [-0.2, -0.15) is 0 Å². The van der Waals surface area contributed by atoms with Gasteiger partial charge in [-0.05, 0) is 45.4 Å². The molecule has 1 saturated heterocycles. The summed E-state index contributed by atoms with van der Waals surface area (Å²) in [6, 6.07) is 3.95. The van der Waals surface area contributed by atoms with E-state index in [1.807, 2.05) is 18.7 Å². The minimum atomic E-state index is -0.0274. The second kappa shape index (κ2) is 6.35. The lowest BCUT2D eigenvalue weighted by atomic mass is 10.1. The molecule has 1 aliphatic heterocycles. The molecule has 5 heteroatoms. The average Bonchev–Trinajstić information content (AvgIpc) is 2.88. The fraction of sp³-hybridized carbons (Fsp3) is 0.571. The van der Waals surface area contributed by atoms with Gasteiger partial charge in [-0.1, -0.05) is 11.6 Å². The largest absolute Gasteiger partial charge is 0.333 e. The summed E-state index contributed by atoms with van der Waals surface area (Å²) in [6.07, 6.45) is 3.83. The Morgan fingerprint density at radius 3 is 2.89 bits per heavy atom. The molecular formula is C14H20ClN3O. The van der Waals surface area contributed by atoms with Crippen LogP contribution < -0.4 is 5.32 Å². The van der Waals surface area contributed by atoms with Crippen molar-refractivity contribution in [3.8, 4) is 0 Å². The van der Waals surface area contributed by atoms with Crippen molar-refractivity contribution in [3.05, 3.63) is 29.0 Å². The molecule has 0 radical (unpaired) electrons. The minimum absolute atomic E-state index is 0.0274. The summed E-state index contributed by atoms with van der Waals surface area (Å²) in [7, 11) is 0. The van der Waals surface area contributed by atoms with Gasteiger partial charge in [0.05, 0.1) is 5.02 Å². The molecule has 2 heterocycles.